The number of non-ortho nitro benzene ring substituents is 2. The van der Waals surface area contributed by atoms with Gasteiger partial charge in [0.15, 0.2) is 0 Å². The SMILES string of the molecule is Cc1ccc(C(=O)O)cc1N1C(=O)c2cccc3cc([N+](=O)[O-])cc(c23)C1=O.Nc1cc(C(=O)O)ccc1Cl.O=C1OC(=O)c2cc([N+](=O)[O-])cc3cccc1c23. The number of rotatable bonds is 5. The Balaban J connectivity index is 0.000000161. The summed E-state index contributed by atoms with van der Waals surface area (Å²) in [4.78, 5) is 92.8. The highest BCUT2D eigenvalue weighted by molar-refractivity contribution is 6.36. The van der Waals surface area contributed by atoms with E-state index in [4.69, 9.17) is 22.4 Å². The number of imide groups is 1. The number of halogens is 1. The number of nitro benzene ring substituents is 2. The summed E-state index contributed by atoms with van der Waals surface area (Å²) in [6.07, 6.45) is 0. The summed E-state index contributed by atoms with van der Waals surface area (Å²) < 4.78 is 4.54. The first-order valence-corrected chi connectivity index (χ1v) is 16.6. The van der Waals surface area contributed by atoms with Crippen LogP contribution in [0.2, 0.25) is 5.02 Å². The summed E-state index contributed by atoms with van der Waals surface area (Å²) >= 11 is 5.57. The molecule has 0 saturated heterocycles. The molecule has 0 bridgehead atoms. The van der Waals surface area contributed by atoms with Crippen molar-refractivity contribution in [1.29, 1.82) is 0 Å². The maximum absolute atomic E-state index is 13.2. The number of amides is 2. The third kappa shape index (κ3) is 7.28. The Hall–Kier alpha value is -8.05. The van der Waals surface area contributed by atoms with E-state index in [9.17, 15) is 54.1 Å². The van der Waals surface area contributed by atoms with Crippen LogP contribution in [0.15, 0.2) is 97.1 Å². The van der Waals surface area contributed by atoms with Crippen molar-refractivity contribution in [3.8, 4) is 0 Å². The van der Waals surface area contributed by atoms with Gasteiger partial charge in [-0.05, 0) is 65.7 Å². The van der Waals surface area contributed by atoms with Crippen LogP contribution >= 0.6 is 11.6 Å². The van der Waals surface area contributed by atoms with Crippen LogP contribution in [0.4, 0.5) is 22.7 Å². The van der Waals surface area contributed by atoms with Crippen LogP contribution in [0.3, 0.4) is 0 Å². The second kappa shape index (κ2) is 15.0. The van der Waals surface area contributed by atoms with E-state index in [2.05, 4.69) is 4.74 Å². The summed E-state index contributed by atoms with van der Waals surface area (Å²) in [5.74, 6) is -5.13. The van der Waals surface area contributed by atoms with Crippen molar-refractivity contribution in [1.82, 2.24) is 0 Å². The Kier molecular flexibility index (Phi) is 10.2. The maximum Gasteiger partial charge on any atom is 0.346 e. The number of carbonyl (C=O) groups excluding carboxylic acids is 4. The van der Waals surface area contributed by atoms with E-state index in [0.29, 0.717) is 32.1 Å². The standard InChI is InChI=1S/C20H12N2O6.C12H5NO5.C7H6ClNO2/c1-10-5-6-12(20(25)26)8-16(10)21-18(23)14-4-2-3-11-7-13(22(27)28)9-15(17(11)14)19(21)24;14-11-8-3-1-2-6-4-7(13(16)17)5-9(10(6)8)12(15)18-11;8-5-2-1-4(7(10)11)3-6(5)9/h2-9H,1H3,(H,25,26);1-5H;1-3H,9H2,(H,10,11). The van der Waals surface area contributed by atoms with Gasteiger partial charge in [-0.3, -0.25) is 29.8 Å². The van der Waals surface area contributed by atoms with E-state index >= 15 is 0 Å². The second-order valence-corrected chi connectivity index (χ2v) is 12.7. The molecule has 2 heterocycles. The van der Waals surface area contributed by atoms with E-state index in [1.165, 1.54) is 60.7 Å². The van der Waals surface area contributed by atoms with Crippen LogP contribution in [-0.4, -0.2) is 55.8 Å². The molecule has 0 saturated carbocycles. The minimum atomic E-state index is -1.20. The molecule has 0 aliphatic carbocycles. The number of hydrogen-bond acceptors (Lipinski definition) is 12. The van der Waals surface area contributed by atoms with Crippen molar-refractivity contribution >= 4 is 91.6 Å². The quantitative estimate of drug-likeness (QED) is 0.0388. The molecule has 8 rings (SSSR count). The average Bonchev–Trinajstić information content (AvgIpc) is 3.17. The van der Waals surface area contributed by atoms with Gasteiger partial charge in [0.05, 0.1) is 54.1 Å². The molecule has 57 heavy (non-hydrogen) atoms. The highest BCUT2D eigenvalue weighted by atomic mass is 35.5. The molecular weight excluding hydrogens is 768 g/mol. The van der Waals surface area contributed by atoms with Gasteiger partial charge in [0.25, 0.3) is 23.2 Å². The lowest BCUT2D eigenvalue weighted by Gasteiger charge is -2.28. The number of nitro groups is 2. The Morgan fingerprint density at radius 2 is 1.16 bits per heavy atom. The number of carboxylic acids is 2. The van der Waals surface area contributed by atoms with Gasteiger partial charge >= 0.3 is 23.9 Å². The van der Waals surface area contributed by atoms with Crippen molar-refractivity contribution in [2.45, 2.75) is 6.92 Å². The molecule has 18 heteroatoms. The minimum Gasteiger partial charge on any atom is -0.478 e. The molecule has 0 unspecified atom stereocenters. The van der Waals surface area contributed by atoms with Gasteiger partial charge in [-0.2, -0.15) is 0 Å². The summed E-state index contributed by atoms with van der Waals surface area (Å²) in [6, 6.07) is 22.7. The zero-order valence-corrected chi connectivity index (χ0v) is 29.7. The number of esters is 2. The Morgan fingerprint density at radius 3 is 1.72 bits per heavy atom. The smallest absolute Gasteiger partial charge is 0.346 e. The van der Waals surface area contributed by atoms with E-state index in [1.54, 1.807) is 31.2 Å². The van der Waals surface area contributed by atoms with Crippen LogP contribution in [0.25, 0.3) is 21.5 Å². The molecule has 4 N–H and O–H groups in total. The van der Waals surface area contributed by atoms with E-state index in [-0.39, 0.29) is 56.1 Å². The number of ether oxygens (including phenoxy) is 1. The van der Waals surface area contributed by atoms with Crippen molar-refractivity contribution < 1.29 is 53.6 Å². The predicted molar refractivity (Wildman–Crippen MR) is 203 cm³/mol. The van der Waals surface area contributed by atoms with Crippen LogP contribution in [-0.2, 0) is 4.74 Å². The highest BCUT2D eigenvalue weighted by Crippen LogP contribution is 2.37. The number of nitrogens with two attached hydrogens (primary N) is 1. The summed E-state index contributed by atoms with van der Waals surface area (Å²) in [6.45, 7) is 1.64. The molecule has 0 radical (unpaired) electrons. The number of nitrogens with zero attached hydrogens (tertiary/aromatic N) is 3. The zero-order valence-electron chi connectivity index (χ0n) is 28.9. The first-order chi connectivity index (χ1) is 27.0. The molecule has 6 aromatic carbocycles. The van der Waals surface area contributed by atoms with Gasteiger partial charge in [0.2, 0.25) is 0 Å². The topological polar surface area (TPSA) is 268 Å². The number of carbonyl (C=O) groups is 6. The molecule has 17 nitrogen and oxygen atoms in total. The molecule has 0 fully saturated rings. The normalized spacial score (nSPS) is 12.6. The number of hydrogen-bond donors (Lipinski definition) is 3. The van der Waals surface area contributed by atoms with Crippen molar-refractivity contribution in [3.05, 3.63) is 161 Å². The lowest BCUT2D eigenvalue weighted by molar-refractivity contribution is -0.384. The molecule has 2 amide bonds. The molecule has 6 aromatic rings. The fourth-order valence-electron chi connectivity index (χ4n) is 6.12. The first kappa shape index (κ1) is 38.7. The van der Waals surface area contributed by atoms with Crippen LogP contribution in [0.5, 0.6) is 0 Å². The van der Waals surface area contributed by atoms with Crippen LogP contribution in [0, 0.1) is 27.2 Å². The van der Waals surface area contributed by atoms with Crippen molar-refractivity contribution in [2.24, 2.45) is 0 Å². The van der Waals surface area contributed by atoms with Gasteiger partial charge in [-0.1, -0.05) is 41.9 Å². The summed E-state index contributed by atoms with van der Waals surface area (Å²) in [5.41, 5.74) is 6.44. The lowest BCUT2D eigenvalue weighted by atomic mass is 9.92. The number of cyclic esters (lactones) is 2. The van der Waals surface area contributed by atoms with Crippen molar-refractivity contribution in [3.63, 3.8) is 0 Å². The number of anilines is 2. The van der Waals surface area contributed by atoms with Gasteiger partial charge in [0.1, 0.15) is 0 Å². The fraction of sp³-hybridized carbons (Fsp3) is 0.0256. The number of benzene rings is 6. The third-order valence-electron chi connectivity index (χ3n) is 8.78. The van der Waals surface area contributed by atoms with E-state index in [1.807, 2.05) is 0 Å². The van der Waals surface area contributed by atoms with Crippen LogP contribution < -0.4 is 10.6 Å². The van der Waals surface area contributed by atoms with Crippen molar-refractivity contribution in [2.75, 3.05) is 10.6 Å². The third-order valence-corrected chi connectivity index (χ3v) is 9.12. The average molecular weight is 791 g/mol. The fourth-order valence-corrected chi connectivity index (χ4v) is 6.24. The van der Waals surface area contributed by atoms with Gasteiger partial charge < -0.3 is 20.7 Å². The van der Waals surface area contributed by atoms with Crippen LogP contribution in [0.1, 0.15) is 67.7 Å². The van der Waals surface area contributed by atoms with E-state index < -0.39 is 45.5 Å². The molecule has 2 aliphatic rings. The molecule has 0 atom stereocenters. The second-order valence-electron chi connectivity index (χ2n) is 12.3. The summed E-state index contributed by atoms with van der Waals surface area (Å²) in [7, 11) is 0. The maximum atomic E-state index is 13.2. The largest absolute Gasteiger partial charge is 0.478 e. The molecule has 2 aliphatic heterocycles. The predicted octanol–water partition coefficient (Wildman–Crippen LogP) is 7.23. The van der Waals surface area contributed by atoms with Gasteiger partial charge in [0, 0.05) is 40.6 Å². The molecular formula is C39H23ClN4O13. The number of aromatic carboxylic acids is 2. The Bertz CT molecular complexity index is 2820. The lowest BCUT2D eigenvalue weighted by Crippen LogP contribution is -2.41. The number of aryl methyl sites for hydroxylation is 1. The summed E-state index contributed by atoms with van der Waals surface area (Å²) in [5, 5.41) is 41.8. The first-order valence-electron chi connectivity index (χ1n) is 16.2. The number of nitrogen functional groups attached to an aromatic ring is 1. The monoisotopic (exact) mass is 790 g/mol. The van der Waals surface area contributed by atoms with E-state index in [0.717, 1.165) is 17.0 Å². The zero-order chi connectivity index (χ0) is 41.5. The van der Waals surface area contributed by atoms with Gasteiger partial charge in [-0.25, -0.2) is 24.1 Å². The van der Waals surface area contributed by atoms with Gasteiger partial charge in [-0.15, -0.1) is 0 Å². The minimum absolute atomic E-state index is 0.0273. The Morgan fingerprint density at radius 1 is 0.667 bits per heavy atom. The Labute approximate surface area is 323 Å². The highest BCUT2D eigenvalue weighted by Gasteiger charge is 2.36. The number of carboxylic acid groups (broad SMARTS) is 2. The molecule has 284 valence electrons. The molecule has 0 aromatic heterocycles. The molecule has 0 spiro atoms.